The van der Waals surface area contributed by atoms with Gasteiger partial charge in [0, 0.05) is 44.0 Å². The van der Waals surface area contributed by atoms with Crippen LogP contribution in [0.4, 0.5) is 0 Å². The molecule has 0 saturated carbocycles. The maximum atomic E-state index is 10.9. The number of aromatic nitrogens is 3. The lowest BCUT2D eigenvalue weighted by atomic mass is 9.92. The third-order valence-electron chi connectivity index (χ3n) is 4.08. The van der Waals surface area contributed by atoms with Crippen molar-refractivity contribution < 1.29 is 45.0 Å². The van der Waals surface area contributed by atoms with Gasteiger partial charge >= 0.3 is 17.9 Å². The van der Waals surface area contributed by atoms with Crippen molar-refractivity contribution in [3.05, 3.63) is 89.8 Å². The van der Waals surface area contributed by atoms with E-state index >= 15 is 0 Å². The molecule has 3 aromatic heterocycles. The number of nitrogens with zero attached hydrogens (tertiary/aromatic N) is 3. The molecule has 180 valence electrons. The average molecular weight is 473 g/mol. The zero-order chi connectivity index (χ0) is 25.6. The highest BCUT2D eigenvalue weighted by molar-refractivity contribution is 5.89. The minimum absolute atomic E-state index is 0.140. The normalized spacial score (nSPS) is 11.5. The molecule has 0 aliphatic rings. The van der Waals surface area contributed by atoms with Crippen LogP contribution in [0.5, 0.6) is 0 Å². The largest absolute Gasteiger partial charge is 0.478 e. The van der Waals surface area contributed by atoms with Gasteiger partial charge in [-0.2, -0.15) is 0 Å². The first-order valence-corrected chi connectivity index (χ1v) is 9.55. The number of aliphatic hydroxyl groups is 3. The standard InChI is InChI=1S/C10H13NO5.2C6H5NO2/c12-5-3-10(16,6-13)8-7(9(14)15)2-1-4-11-8;2*8-6(9)5-2-1-3-7-4-5/h1-2,4,12-13,16H,3,5-6H2,(H,14,15);2*1-4H,(H,8,9). The SMILES string of the molecule is O=C(O)c1cccnc1.O=C(O)c1cccnc1.O=C(O)c1cccnc1C(O)(CO)CCO. The summed E-state index contributed by atoms with van der Waals surface area (Å²) in [4.78, 5) is 42.2. The second-order valence-electron chi connectivity index (χ2n) is 6.46. The zero-order valence-corrected chi connectivity index (χ0v) is 17.7. The topological polar surface area (TPSA) is 211 Å². The van der Waals surface area contributed by atoms with Crippen molar-refractivity contribution >= 4 is 17.9 Å². The van der Waals surface area contributed by atoms with Gasteiger partial charge in [-0.15, -0.1) is 0 Å². The molecule has 3 rings (SSSR count). The van der Waals surface area contributed by atoms with Crippen LogP contribution in [0.3, 0.4) is 0 Å². The Bertz CT molecular complexity index is 1020. The van der Waals surface area contributed by atoms with Crippen molar-refractivity contribution in [1.29, 1.82) is 0 Å². The highest BCUT2D eigenvalue weighted by atomic mass is 16.4. The monoisotopic (exact) mass is 473 g/mol. The van der Waals surface area contributed by atoms with Gasteiger partial charge in [-0.25, -0.2) is 14.4 Å². The number of aliphatic hydroxyl groups excluding tert-OH is 2. The number of pyridine rings is 3. The quantitative estimate of drug-likeness (QED) is 0.282. The maximum Gasteiger partial charge on any atom is 0.337 e. The lowest BCUT2D eigenvalue weighted by Crippen LogP contribution is -2.34. The van der Waals surface area contributed by atoms with Crippen LogP contribution in [0.2, 0.25) is 0 Å². The van der Waals surface area contributed by atoms with E-state index in [1.807, 2.05) is 0 Å². The molecule has 3 heterocycles. The summed E-state index contributed by atoms with van der Waals surface area (Å²) in [5.74, 6) is -3.13. The first-order valence-electron chi connectivity index (χ1n) is 9.55. The van der Waals surface area contributed by atoms with Crippen molar-refractivity contribution in [1.82, 2.24) is 15.0 Å². The third kappa shape index (κ3) is 8.70. The summed E-state index contributed by atoms with van der Waals surface area (Å²) in [5.41, 5.74) is -1.72. The molecule has 12 heteroatoms. The van der Waals surface area contributed by atoms with Crippen LogP contribution in [-0.2, 0) is 5.60 Å². The number of carbonyl (C=O) groups is 3. The van der Waals surface area contributed by atoms with Gasteiger partial charge in [-0.05, 0) is 36.4 Å². The first kappa shape index (κ1) is 27.8. The molecule has 3 aromatic rings. The molecule has 0 aliphatic heterocycles. The Morgan fingerprint density at radius 2 is 1.26 bits per heavy atom. The van der Waals surface area contributed by atoms with E-state index in [0.29, 0.717) is 0 Å². The summed E-state index contributed by atoms with van der Waals surface area (Å²) < 4.78 is 0. The Balaban J connectivity index is 0.000000274. The minimum atomic E-state index is -1.83. The second kappa shape index (κ2) is 14.0. The fourth-order valence-corrected chi connectivity index (χ4v) is 2.38. The molecule has 0 aromatic carbocycles. The Labute approximate surface area is 193 Å². The van der Waals surface area contributed by atoms with Crippen molar-refractivity contribution in [2.45, 2.75) is 12.0 Å². The minimum Gasteiger partial charge on any atom is -0.478 e. The molecular formula is C22H23N3O9. The fourth-order valence-electron chi connectivity index (χ4n) is 2.38. The molecule has 0 fully saturated rings. The number of aromatic carboxylic acids is 3. The van der Waals surface area contributed by atoms with Crippen molar-refractivity contribution in [3.8, 4) is 0 Å². The van der Waals surface area contributed by atoms with E-state index in [9.17, 15) is 19.5 Å². The Morgan fingerprint density at radius 1 is 0.765 bits per heavy atom. The number of rotatable bonds is 7. The van der Waals surface area contributed by atoms with Gasteiger partial charge in [0.25, 0.3) is 0 Å². The molecule has 1 unspecified atom stereocenters. The second-order valence-corrected chi connectivity index (χ2v) is 6.46. The lowest BCUT2D eigenvalue weighted by molar-refractivity contribution is -0.0407. The average Bonchev–Trinajstić information content (AvgIpc) is 2.86. The van der Waals surface area contributed by atoms with Crippen molar-refractivity contribution in [2.75, 3.05) is 13.2 Å². The zero-order valence-electron chi connectivity index (χ0n) is 17.7. The van der Waals surface area contributed by atoms with Crippen molar-refractivity contribution in [2.24, 2.45) is 0 Å². The van der Waals surface area contributed by atoms with E-state index in [1.165, 1.54) is 55.2 Å². The third-order valence-corrected chi connectivity index (χ3v) is 4.08. The van der Waals surface area contributed by atoms with Crippen LogP contribution in [0.15, 0.2) is 67.4 Å². The molecule has 0 aliphatic carbocycles. The van der Waals surface area contributed by atoms with E-state index in [2.05, 4.69) is 15.0 Å². The highest BCUT2D eigenvalue weighted by Gasteiger charge is 2.33. The van der Waals surface area contributed by atoms with E-state index in [1.54, 1.807) is 12.1 Å². The van der Waals surface area contributed by atoms with Crippen LogP contribution < -0.4 is 0 Å². The van der Waals surface area contributed by atoms with Gasteiger partial charge in [0.15, 0.2) is 0 Å². The van der Waals surface area contributed by atoms with Gasteiger partial charge in [-0.1, -0.05) is 0 Å². The van der Waals surface area contributed by atoms with Gasteiger partial charge < -0.3 is 30.6 Å². The maximum absolute atomic E-state index is 10.9. The lowest BCUT2D eigenvalue weighted by Gasteiger charge is -2.25. The number of carboxylic acids is 3. The molecule has 34 heavy (non-hydrogen) atoms. The molecular weight excluding hydrogens is 450 g/mol. The molecule has 0 radical (unpaired) electrons. The van der Waals surface area contributed by atoms with Crippen LogP contribution >= 0.6 is 0 Å². The smallest absolute Gasteiger partial charge is 0.337 e. The predicted molar refractivity (Wildman–Crippen MR) is 116 cm³/mol. The van der Waals surface area contributed by atoms with Gasteiger partial charge in [0.1, 0.15) is 5.60 Å². The first-order chi connectivity index (χ1) is 16.2. The van der Waals surface area contributed by atoms with E-state index in [4.69, 9.17) is 25.5 Å². The molecule has 0 spiro atoms. The molecule has 12 nitrogen and oxygen atoms in total. The Morgan fingerprint density at radius 3 is 1.59 bits per heavy atom. The van der Waals surface area contributed by atoms with Crippen LogP contribution in [-0.4, -0.2) is 76.7 Å². The summed E-state index contributed by atoms with van der Waals surface area (Å²) >= 11 is 0. The molecule has 0 saturated heterocycles. The van der Waals surface area contributed by atoms with Crippen molar-refractivity contribution in [3.63, 3.8) is 0 Å². The van der Waals surface area contributed by atoms with Crippen LogP contribution in [0.1, 0.15) is 43.2 Å². The number of hydrogen-bond donors (Lipinski definition) is 6. The molecule has 0 bridgehead atoms. The highest BCUT2D eigenvalue weighted by Crippen LogP contribution is 2.25. The fraction of sp³-hybridized carbons (Fsp3) is 0.182. The summed E-state index contributed by atoms with van der Waals surface area (Å²) in [5, 5.41) is 53.4. The molecule has 0 amide bonds. The predicted octanol–water partition coefficient (Wildman–Crippen LogP) is 0.902. The van der Waals surface area contributed by atoms with Gasteiger partial charge in [0.05, 0.1) is 29.0 Å². The van der Waals surface area contributed by atoms with Gasteiger partial charge in [0.2, 0.25) is 0 Å². The summed E-state index contributed by atoms with van der Waals surface area (Å²) in [6.45, 7) is -1.09. The molecule has 1 atom stereocenters. The summed E-state index contributed by atoms with van der Waals surface area (Å²) in [7, 11) is 0. The number of carboxylic acid groups (broad SMARTS) is 3. The van der Waals surface area contributed by atoms with Gasteiger partial charge in [-0.3, -0.25) is 15.0 Å². The van der Waals surface area contributed by atoms with E-state index in [0.717, 1.165) is 0 Å². The Hall–Kier alpha value is -4.26. The Kier molecular flexibility index (Phi) is 11.4. The molecule has 6 N–H and O–H groups in total. The van der Waals surface area contributed by atoms with E-state index < -0.39 is 30.1 Å². The van der Waals surface area contributed by atoms with Crippen LogP contribution in [0.25, 0.3) is 0 Å². The van der Waals surface area contributed by atoms with E-state index in [-0.39, 0.29) is 35.4 Å². The summed E-state index contributed by atoms with van der Waals surface area (Å²) in [6, 6.07) is 8.87. The van der Waals surface area contributed by atoms with Crippen LogP contribution in [0, 0.1) is 0 Å². The summed E-state index contributed by atoms with van der Waals surface area (Å²) in [6.07, 6.45) is 6.82. The number of hydrogen-bond acceptors (Lipinski definition) is 9.